The third kappa shape index (κ3) is 4.36. The van der Waals surface area contributed by atoms with Gasteiger partial charge in [0.2, 0.25) is 5.91 Å². The number of hydrogen-bond acceptors (Lipinski definition) is 3. The number of benzene rings is 1. The van der Waals surface area contributed by atoms with Crippen molar-refractivity contribution in [3.63, 3.8) is 0 Å². The third-order valence-corrected chi connectivity index (χ3v) is 4.94. The number of piperidine rings is 1. The molecular weight excluding hydrogens is 302 g/mol. The molecule has 1 aliphatic rings. The Bertz CT molecular complexity index is 659. The Morgan fingerprint density at radius 1 is 1.33 bits per heavy atom. The lowest BCUT2D eigenvalue weighted by molar-refractivity contribution is -0.125. The summed E-state index contributed by atoms with van der Waals surface area (Å²) in [6, 6.07) is 8.49. The summed E-state index contributed by atoms with van der Waals surface area (Å²) in [6.45, 7) is 4.27. The van der Waals surface area contributed by atoms with E-state index in [2.05, 4.69) is 45.7 Å². The Hall–Kier alpha value is -1.85. The molecule has 1 fully saturated rings. The molecule has 0 aliphatic carbocycles. The molecule has 0 spiro atoms. The van der Waals surface area contributed by atoms with E-state index in [0.29, 0.717) is 5.92 Å². The van der Waals surface area contributed by atoms with Crippen LogP contribution in [0.2, 0.25) is 0 Å². The third-order valence-electron chi connectivity index (χ3n) is 4.94. The average molecular weight is 329 g/mol. The van der Waals surface area contributed by atoms with Gasteiger partial charge in [0.25, 0.3) is 0 Å². The van der Waals surface area contributed by atoms with Crippen LogP contribution in [0.3, 0.4) is 0 Å². The van der Waals surface area contributed by atoms with Crippen molar-refractivity contribution >= 4 is 16.8 Å². The molecule has 2 N–H and O–H groups in total. The molecule has 24 heavy (non-hydrogen) atoms. The molecule has 2 aromatic rings. The molecule has 0 radical (unpaired) electrons. The van der Waals surface area contributed by atoms with Crippen molar-refractivity contribution in [3.05, 3.63) is 36.0 Å². The van der Waals surface area contributed by atoms with E-state index in [-0.39, 0.29) is 12.5 Å². The highest BCUT2D eigenvalue weighted by Crippen LogP contribution is 2.20. The Morgan fingerprint density at radius 3 is 2.92 bits per heavy atom. The Balaban J connectivity index is 1.40. The van der Waals surface area contributed by atoms with Gasteiger partial charge in [0.15, 0.2) is 0 Å². The van der Waals surface area contributed by atoms with Crippen molar-refractivity contribution in [2.45, 2.75) is 19.3 Å². The SMILES string of the molecule is COCC(=O)NCC1CCN(CCc2c[nH]c3ccccc23)CC1. The largest absolute Gasteiger partial charge is 0.375 e. The summed E-state index contributed by atoms with van der Waals surface area (Å²) in [5.74, 6) is 0.578. The monoisotopic (exact) mass is 329 g/mol. The van der Waals surface area contributed by atoms with Gasteiger partial charge in [-0.05, 0) is 49.9 Å². The Morgan fingerprint density at radius 2 is 2.12 bits per heavy atom. The van der Waals surface area contributed by atoms with Gasteiger partial charge in [-0.25, -0.2) is 0 Å². The van der Waals surface area contributed by atoms with E-state index in [1.807, 2.05) is 0 Å². The maximum atomic E-state index is 11.4. The fraction of sp³-hybridized carbons (Fsp3) is 0.526. The number of rotatable bonds is 7. The second kappa shape index (κ2) is 8.31. The molecule has 2 heterocycles. The van der Waals surface area contributed by atoms with E-state index < -0.39 is 0 Å². The van der Waals surface area contributed by atoms with Gasteiger partial charge in [0.05, 0.1) is 0 Å². The van der Waals surface area contributed by atoms with Crippen molar-refractivity contribution in [1.29, 1.82) is 0 Å². The molecule has 0 atom stereocenters. The molecule has 0 unspecified atom stereocenters. The lowest BCUT2D eigenvalue weighted by atomic mass is 9.96. The minimum absolute atomic E-state index is 0.0146. The van der Waals surface area contributed by atoms with E-state index in [0.717, 1.165) is 45.4 Å². The first-order chi connectivity index (χ1) is 11.8. The van der Waals surface area contributed by atoms with Crippen LogP contribution in [0.25, 0.3) is 10.9 Å². The van der Waals surface area contributed by atoms with E-state index in [4.69, 9.17) is 4.74 Å². The number of aromatic nitrogens is 1. The number of H-pyrrole nitrogens is 1. The van der Waals surface area contributed by atoms with E-state index in [9.17, 15) is 4.79 Å². The zero-order valence-corrected chi connectivity index (χ0v) is 14.4. The van der Waals surface area contributed by atoms with Crippen LogP contribution in [-0.2, 0) is 16.0 Å². The summed E-state index contributed by atoms with van der Waals surface area (Å²) < 4.78 is 4.84. The van der Waals surface area contributed by atoms with Crippen LogP contribution in [0.5, 0.6) is 0 Å². The molecule has 1 amide bonds. The summed E-state index contributed by atoms with van der Waals surface area (Å²) in [5, 5.41) is 4.30. The number of ether oxygens (including phenoxy) is 1. The molecule has 1 saturated heterocycles. The van der Waals surface area contributed by atoms with E-state index >= 15 is 0 Å². The second-order valence-electron chi connectivity index (χ2n) is 6.63. The zero-order valence-electron chi connectivity index (χ0n) is 14.4. The lowest BCUT2D eigenvalue weighted by Gasteiger charge is -2.32. The highest BCUT2D eigenvalue weighted by Gasteiger charge is 2.19. The van der Waals surface area contributed by atoms with Crippen LogP contribution in [0.1, 0.15) is 18.4 Å². The van der Waals surface area contributed by atoms with Gasteiger partial charge in [-0.1, -0.05) is 18.2 Å². The van der Waals surface area contributed by atoms with Gasteiger partial charge in [-0.3, -0.25) is 4.79 Å². The fourth-order valence-corrected chi connectivity index (χ4v) is 3.47. The Labute approximate surface area is 143 Å². The number of fused-ring (bicyclic) bond motifs is 1. The molecule has 1 aromatic heterocycles. The number of carbonyl (C=O) groups is 1. The molecule has 0 bridgehead atoms. The van der Waals surface area contributed by atoms with Crippen LogP contribution in [0, 0.1) is 5.92 Å². The summed E-state index contributed by atoms with van der Waals surface area (Å²) in [5.41, 5.74) is 2.62. The maximum Gasteiger partial charge on any atom is 0.245 e. The predicted molar refractivity (Wildman–Crippen MR) is 96.1 cm³/mol. The Kier molecular flexibility index (Phi) is 5.88. The number of aromatic amines is 1. The van der Waals surface area contributed by atoms with Crippen LogP contribution in [0.15, 0.2) is 30.5 Å². The first kappa shape index (κ1) is 17.0. The summed E-state index contributed by atoms with van der Waals surface area (Å²) in [4.78, 5) is 17.3. The van der Waals surface area contributed by atoms with Gasteiger partial charge < -0.3 is 19.9 Å². The smallest absolute Gasteiger partial charge is 0.245 e. The minimum Gasteiger partial charge on any atom is -0.375 e. The van der Waals surface area contributed by atoms with Crippen LogP contribution >= 0.6 is 0 Å². The van der Waals surface area contributed by atoms with Gasteiger partial charge in [-0.2, -0.15) is 0 Å². The van der Waals surface area contributed by atoms with Gasteiger partial charge in [-0.15, -0.1) is 0 Å². The van der Waals surface area contributed by atoms with Crippen LogP contribution in [-0.4, -0.2) is 55.7 Å². The second-order valence-corrected chi connectivity index (χ2v) is 6.63. The standard InChI is InChI=1S/C19H27N3O2/c1-24-14-19(23)21-12-15-6-9-22(10-7-15)11-8-16-13-20-18-5-3-2-4-17(16)18/h2-5,13,15,20H,6-12,14H2,1H3,(H,21,23). The van der Waals surface area contributed by atoms with E-state index in [1.54, 1.807) is 7.11 Å². The summed E-state index contributed by atoms with van der Waals surface area (Å²) in [7, 11) is 1.55. The number of hydrogen-bond donors (Lipinski definition) is 2. The number of likely N-dealkylation sites (tertiary alicyclic amines) is 1. The van der Waals surface area contributed by atoms with E-state index in [1.165, 1.54) is 16.5 Å². The molecular formula is C19H27N3O2. The number of amides is 1. The quantitative estimate of drug-likeness (QED) is 0.819. The van der Waals surface area contributed by atoms with Gasteiger partial charge in [0, 0.05) is 37.3 Å². The molecule has 5 heteroatoms. The first-order valence-electron chi connectivity index (χ1n) is 8.79. The number of para-hydroxylation sites is 1. The number of nitrogens with one attached hydrogen (secondary N) is 2. The highest BCUT2D eigenvalue weighted by atomic mass is 16.5. The predicted octanol–water partition coefficient (Wildman–Crippen LogP) is 2.18. The van der Waals surface area contributed by atoms with Gasteiger partial charge in [0.1, 0.15) is 6.61 Å². The van der Waals surface area contributed by atoms with Crippen LogP contribution in [0.4, 0.5) is 0 Å². The highest BCUT2D eigenvalue weighted by molar-refractivity contribution is 5.83. The summed E-state index contributed by atoms with van der Waals surface area (Å²) >= 11 is 0. The topological polar surface area (TPSA) is 57.4 Å². The molecule has 3 rings (SSSR count). The number of carbonyl (C=O) groups excluding carboxylic acids is 1. The minimum atomic E-state index is -0.0146. The lowest BCUT2D eigenvalue weighted by Crippen LogP contribution is -2.40. The van der Waals surface area contributed by atoms with Crippen molar-refractivity contribution in [2.75, 3.05) is 39.9 Å². The first-order valence-corrected chi connectivity index (χ1v) is 8.79. The number of methoxy groups -OCH3 is 1. The normalized spacial score (nSPS) is 16.5. The van der Waals surface area contributed by atoms with Crippen LogP contribution < -0.4 is 5.32 Å². The fourth-order valence-electron chi connectivity index (χ4n) is 3.47. The van der Waals surface area contributed by atoms with Gasteiger partial charge >= 0.3 is 0 Å². The summed E-state index contributed by atoms with van der Waals surface area (Å²) in [6.07, 6.45) is 5.53. The maximum absolute atomic E-state index is 11.4. The molecule has 1 aromatic carbocycles. The van der Waals surface area contributed by atoms with Crippen molar-refractivity contribution < 1.29 is 9.53 Å². The number of nitrogens with zero attached hydrogens (tertiary/aromatic N) is 1. The van der Waals surface area contributed by atoms with Crippen molar-refractivity contribution in [3.8, 4) is 0 Å². The molecule has 5 nitrogen and oxygen atoms in total. The molecule has 0 saturated carbocycles. The molecule has 130 valence electrons. The average Bonchev–Trinajstić information content (AvgIpc) is 3.02. The van der Waals surface area contributed by atoms with Crippen molar-refractivity contribution in [1.82, 2.24) is 15.2 Å². The zero-order chi connectivity index (χ0) is 16.8. The molecule has 1 aliphatic heterocycles. The van der Waals surface area contributed by atoms with Crippen molar-refractivity contribution in [2.24, 2.45) is 5.92 Å².